The van der Waals surface area contributed by atoms with Crippen molar-refractivity contribution in [3.8, 4) is 0 Å². The normalized spacial score (nSPS) is 12.7. The molecule has 0 saturated heterocycles. The van der Waals surface area contributed by atoms with Gasteiger partial charge in [0.2, 0.25) is 0 Å². The van der Waals surface area contributed by atoms with E-state index in [0.29, 0.717) is 5.56 Å². The number of esters is 2. The van der Waals surface area contributed by atoms with Gasteiger partial charge in [0.1, 0.15) is 5.70 Å². The van der Waals surface area contributed by atoms with Gasteiger partial charge >= 0.3 is 18.0 Å². The molecule has 0 fully saturated rings. The second-order valence-corrected chi connectivity index (χ2v) is 6.59. The lowest BCUT2D eigenvalue weighted by Crippen LogP contribution is -2.42. The molecule has 0 radical (unpaired) electrons. The minimum absolute atomic E-state index is 0.0560. The van der Waals surface area contributed by atoms with Crippen LogP contribution in [-0.2, 0) is 23.8 Å². The van der Waals surface area contributed by atoms with Gasteiger partial charge in [-0.3, -0.25) is 10.2 Å². The van der Waals surface area contributed by atoms with Crippen molar-refractivity contribution in [2.24, 2.45) is 0 Å². The van der Waals surface area contributed by atoms with Gasteiger partial charge in [0.05, 0.1) is 37.7 Å². The van der Waals surface area contributed by atoms with E-state index in [1.807, 2.05) is 6.92 Å². The van der Waals surface area contributed by atoms with Crippen LogP contribution in [0.4, 0.5) is 10.5 Å². The Labute approximate surface area is 185 Å². The van der Waals surface area contributed by atoms with Crippen LogP contribution in [0.3, 0.4) is 0 Å². The van der Waals surface area contributed by atoms with Crippen LogP contribution in [0.1, 0.15) is 28.4 Å². The molecule has 1 aromatic carbocycles. The van der Waals surface area contributed by atoms with Gasteiger partial charge in [-0.25, -0.2) is 19.8 Å². The lowest BCUT2D eigenvalue weighted by Gasteiger charge is -2.26. The molecule has 32 heavy (non-hydrogen) atoms. The molecule has 0 aliphatic carbocycles. The Hall–Kier alpha value is -4.08. The summed E-state index contributed by atoms with van der Waals surface area (Å²) in [7, 11) is 2.37. The monoisotopic (exact) mass is 443 g/mol. The van der Waals surface area contributed by atoms with Gasteiger partial charge in [0, 0.05) is 6.20 Å². The van der Waals surface area contributed by atoms with E-state index < -0.39 is 23.9 Å². The van der Waals surface area contributed by atoms with Crippen LogP contribution in [0, 0.1) is 13.8 Å². The van der Waals surface area contributed by atoms with Crippen LogP contribution in [0.15, 0.2) is 47.8 Å². The van der Waals surface area contributed by atoms with Crippen LogP contribution in [-0.4, -0.2) is 44.8 Å². The molecule has 0 spiro atoms. The van der Waals surface area contributed by atoms with Gasteiger partial charge in [-0.15, -0.1) is 0 Å². The summed E-state index contributed by atoms with van der Waals surface area (Å²) in [5, 5.41) is 0. The van der Waals surface area contributed by atoms with Gasteiger partial charge in [-0.2, -0.15) is 0 Å². The molecule has 2 N–H and O–H groups in total. The first kappa shape index (κ1) is 24.2. The van der Waals surface area contributed by atoms with E-state index in [1.165, 1.54) is 31.4 Å². The average Bonchev–Trinajstić information content (AvgIpc) is 2.99. The van der Waals surface area contributed by atoms with E-state index in [-0.39, 0.29) is 29.1 Å². The summed E-state index contributed by atoms with van der Waals surface area (Å²) in [4.78, 5) is 51.0. The fraction of sp³-hybridized carbons (Fsp3) is 0.273. The van der Waals surface area contributed by atoms with Gasteiger partial charge in [-0.1, -0.05) is 12.1 Å². The number of aryl methyl sites for hydroxylation is 2. The highest BCUT2D eigenvalue weighted by molar-refractivity contribution is 6.08. The first-order valence-corrected chi connectivity index (χ1v) is 9.64. The zero-order chi connectivity index (χ0) is 23.8. The van der Waals surface area contributed by atoms with Gasteiger partial charge in [-0.05, 0) is 50.1 Å². The Bertz CT molecular complexity index is 1020. The number of nitrogens with zero attached hydrogens (tertiary/aromatic N) is 1. The molecule has 10 nitrogen and oxygen atoms in total. The topological polar surface area (TPSA) is 123 Å². The van der Waals surface area contributed by atoms with E-state index in [1.54, 1.807) is 38.1 Å². The minimum atomic E-state index is -0.825. The molecule has 10 heteroatoms. The zero-order valence-electron chi connectivity index (χ0n) is 18.5. The van der Waals surface area contributed by atoms with Crippen LogP contribution >= 0.6 is 0 Å². The molecular formula is C22H25N3O7. The zero-order valence-corrected chi connectivity index (χ0v) is 18.5. The summed E-state index contributed by atoms with van der Waals surface area (Å²) in [6.45, 7) is 5.28. The quantitative estimate of drug-likeness (QED) is 0.403. The number of amides is 2. The van der Waals surface area contributed by atoms with E-state index in [0.717, 1.165) is 5.56 Å². The second kappa shape index (κ2) is 10.8. The van der Waals surface area contributed by atoms with E-state index in [9.17, 15) is 19.2 Å². The van der Waals surface area contributed by atoms with E-state index >= 15 is 0 Å². The molecule has 2 amide bonds. The van der Waals surface area contributed by atoms with Crippen LogP contribution in [0.25, 0.3) is 0 Å². The maximum Gasteiger partial charge on any atom is 0.426 e. The number of carbonyl (C=O) groups is 4. The molecule has 0 atom stereocenters. The molecule has 0 saturated carbocycles. The first-order valence-electron chi connectivity index (χ1n) is 9.64. The summed E-state index contributed by atoms with van der Waals surface area (Å²) in [5.74, 6) is -2.22. The molecule has 170 valence electrons. The number of benzene rings is 1. The van der Waals surface area contributed by atoms with Crippen molar-refractivity contribution in [1.29, 1.82) is 0 Å². The minimum Gasteiger partial charge on any atom is -0.465 e. The lowest BCUT2D eigenvalue weighted by molar-refractivity contribution is -0.139. The lowest BCUT2D eigenvalue weighted by atomic mass is 10.0. The number of allylic oxidation sites excluding steroid dienone is 2. The van der Waals surface area contributed by atoms with Crippen molar-refractivity contribution < 1.29 is 33.4 Å². The molecule has 1 aliphatic heterocycles. The molecule has 1 heterocycles. The van der Waals surface area contributed by atoms with Crippen molar-refractivity contribution in [3.63, 3.8) is 0 Å². The number of nitrogens with one attached hydrogen (secondary N) is 2. The SMILES string of the molecule is CCOC(=O)NNC(=O)c1c(C)cc(C)cc1N1C=CC=CC(C(=O)OC)=C1C(=O)OC. The Kier molecular flexibility index (Phi) is 8.17. The Morgan fingerprint density at radius 2 is 1.66 bits per heavy atom. The molecule has 0 aromatic heterocycles. The first-order chi connectivity index (χ1) is 15.2. The number of hydrazine groups is 1. The van der Waals surface area contributed by atoms with Crippen molar-refractivity contribution in [2.75, 3.05) is 25.7 Å². The third-order valence-electron chi connectivity index (χ3n) is 4.39. The van der Waals surface area contributed by atoms with Gasteiger partial charge < -0.3 is 19.1 Å². The predicted molar refractivity (Wildman–Crippen MR) is 115 cm³/mol. The largest absolute Gasteiger partial charge is 0.465 e. The third-order valence-corrected chi connectivity index (χ3v) is 4.39. The smallest absolute Gasteiger partial charge is 0.426 e. The fourth-order valence-corrected chi connectivity index (χ4v) is 3.12. The highest BCUT2D eigenvalue weighted by Crippen LogP contribution is 2.32. The summed E-state index contributed by atoms with van der Waals surface area (Å²) in [6.07, 6.45) is 5.26. The van der Waals surface area contributed by atoms with Crippen LogP contribution in [0.5, 0.6) is 0 Å². The van der Waals surface area contributed by atoms with Gasteiger partial charge in [0.25, 0.3) is 5.91 Å². The molecule has 1 aliphatic rings. The van der Waals surface area contributed by atoms with Crippen molar-refractivity contribution >= 4 is 29.6 Å². The maximum absolute atomic E-state index is 13.0. The molecule has 1 aromatic rings. The third kappa shape index (κ3) is 5.34. The van der Waals surface area contributed by atoms with E-state index in [2.05, 4.69) is 10.9 Å². The Balaban J connectivity index is 2.66. The van der Waals surface area contributed by atoms with Crippen molar-refractivity contribution in [1.82, 2.24) is 10.9 Å². The highest BCUT2D eigenvalue weighted by Gasteiger charge is 2.30. The summed E-state index contributed by atoms with van der Waals surface area (Å²) < 4.78 is 14.5. The number of carbonyl (C=O) groups excluding carboxylic acids is 4. The average molecular weight is 443 g/mol. The molecule has 2 rings (SSSR count). The van der Waals surface area contributed by atoms with Crippen LogP contribution in [0.2, 0.25) is 0 Å². The summed E-state index contributed by atoms with van der Waals surface area (Å²) >= 11 is 0. The number of hydrogen-bond acceptors (Lipinski definition) is 8. The van der Waals surface area contributed by atoms with Gasteiger partial charge in [0.15, 0.2) is 0 Å². The molecule has 0 unspecified atom stereocenters. The summed E-state index contributed by atoms with van der Waals surface area (Å²) in [5.41, 5.74) is 6.06. The number of ether oxygens (including phenoxy) is 3. The second-order valence-electron chi connectivity index (χ2n) is 6.59. The number of hydrogen-bond donors (Lipinski definition) is 2. The van der Waals surface area contributed by atoms with Crippen molar-refractivity contribution in [3.05, 3.63) is 64.5 Å². The predicted octanol–water partition coefficient (Wildman–Crippen LogP) is 2.18. The standard InChI is InChI=1S/C22H25N3O7/c1-6-32-22(29)24-23-19(26)17-14(3)11-13(2)12-16(17)25-10-8-7-9-15(20(27)30-4)18(25)21(28)31-5/h7-12H,6H2,1-5H3,(H,23,26)(H,24,29). The number of anilines is 1. The number of methoxy groups -OCH3 is 2. The maximum atomic E-state index is 13.0. The Morgan fingerprint density at radius 1 is 0.969 bits per heavy atom. The molecule has 0 bridgehead atoms. The Morgan fingerprint density at radius 3 is 2.28 bits per heavy atom. The number of rotatable bonds is 5. The molecular weight excluding hydrogens is 418 g/mol. The highest BCUT2D eigenvalue weighted by atomic mass is 16.6. The fourth-order valence-electron chi connectivity index (χ4n) is 3.12. The van der Waals surface area contributed by atoms with Crippen molar-refractivity contribution in [2.45, 2.75) is 20.8 Å². The van der Waals surface area contributed by atoms with Crippen LogP contribution < -0.4 is 15.8 Å². The summed E-state index contributed by atoms with van der Waals surface area (Å²) in [6, 6.07) is 3.44. The van der Waals surface area contributed by atoms with E-state index in [4.69, 9.17) is 14.2 Å².